The minimum absolute atomic E-state index is 0.128. The molecule has 0 unspecified atom stereocenters. The number of methoxy groups -OCH3 is 1. The Morgan fingerprint density at radius 1 is 1.19 bits per heavy atom. The van der Waals surface area contributed by atoms with Crippen LogP contribution < -0.4 is 0 Å². The minimum atomic E-state index is -0.742. The van der Waals surface area contributed by atoms with Gasteiger partial charge in [0, 0.05) is 25.0 Å². The summed E-state index contributed by atoms with van der Waals surface area (Å²) in [6.45, 7) is 7.98. The largest absolute Gasteiger partial charge is 0.468 e. The van der Waals surface area contributed by atoms with E-state index in [1.807, 2.05) is 27.7 Å². The molecule has 0 aromatic heterocycles. The zero-order chi connectivity index (χ0) is 23.2. The van der Waals surface area contributed by atoms with Crippen LogP contribution in [0.25, 0.3) is 0 Å². The molecule has 1 fully saturated rings. The maximum absolute atomic E-state index is 13.5. The van der Waals surface area contributed by atoms with E-state index in [1.54, 1.807) is 29.2 Å². The van der Waals surface area contributed by atoms with Gasteiger partial charge in [-0.15, -0.1) is 0 Å². The summed E-state index contributed by atoms with van der Waals surface area (Å²) in [6, 6.07) is 9.11. The number of hydrogen-bond donors (Lipinski definition) is 0. The van der Waals surface area contributed by atoms with E-state index in [2.05, 4.69) is 6.07 Å². The van der Waals surface area contributed by atoms with Crippen molar-refractivity contribution in [3.8, 4) is 6.07 Å². The quantitative estimate of drug-likeness (QED) is 0.667. The number of benzene rings is 1. The zero-order valence-electron chi connectivity index (χ0n) is 18.9. The lowest BCUT2D eigenvalue weighted by Gasteiger charge is -2.41. The molecule has 2 amide bonds. The highest BCUT2D eigenvalue weighted by molar-refractivity contribution is 5.86. The molecular formula is C23H31N3O5. The Morgan fingerprint density at radius 2 is 1.81 bits per heavy atom. The molecule has 0 N–H and O–H groups in total. The fourth-order valence-corrected chi connectivity index (χ4v) is 3.50. The molecule has 1 heterocycles. The third kappa shape index (κ3) is 6.45. The number of nitriles is 1. The van der Waals surface area contributed by atoms with Crippen LogP contribution in [0.3, 0.4) is 0 Å². The van der Waals surface area contributed by atoms with Crippen LogP contribution in [0.4, 0.5) is 4.79 Å². The standard InChI is InChI=1S/C23H31N3O5/c1-22(2,3)31-21(29)25-12-10-23(4,11-13-25)20(28)26(16-19(27)30-5)15-18-9-7-6-8-17(18)14-24/h6-9H,10-13,15-16H2,1-5H3. The molecule has 2 rings (SSSR count). The van der Waals surface area contributed by atoms with E-state index in [9.17, 15) is 19.6 Å². The molecule has 0 saturated carbocycles. The number of carbonyl (C=O) groups excluding carboxylic acids is 3. The molecule has 0 bridgehead atoms. The van der Waals surface area contributed by atoms with Crippen molar-refractivity contribution in [3.63, 3.8) is 0 Å². The second-order valence-electron chi connectivity index (χ2n) is 9.03. The first-order valence-corrected chi connectivity index (χ1v) is 10.3. The lowest BCUT2D eigenvalue weighted by Crippen LogP contribution is -2.51. The van der Waals surface area contributed by atoms with Crippen LogP contribution in [0.1, 0.15) is 51.7 Å². The predicted molar refractivity (Wildman–Crippen MR) is 114 cm³/mol. The summed E-state index contributed by atoms with van der Waals surface area (Å²) in [4.78, 5) is 40.8. The molecule has 168 valence electrons. The fraction of sp³-hybridized carbons (Fsp3) is 0.565. The first kappa shape index (κ1) is 24.2. The van der Waals surface area contributed by atoms with E-state index in [-0.39, 0.29) is 19.0 Å². The van der Waals surface area contributed by atoms with Crippen molar-refractivity contribution >= 4 is 18.0 Å². The van der Waals surface area contributed by atoms with Crippen molar-refractivity contribution in [2.45, 2.75) is 52.7 Å². The molecule has 0 atom stereocenters. The van der Waals surface area contributed by atoms with Crippen molar-refractivity contribution in [2.75, 3.05) is 26.7 Å². The van der Waals surface area contributed by atoms with E-state index < -0.39 is 23.1 Å². The van der Waals surface area contributed by atoms with Crippen LogP contribution in [0.2, 0.25) is 0 Å². The lowest BCUT2D eigenvalue weighted by atomic mass is 9.79. The summed E-state index contributed by atoms with van der Waals surface area (Å²) in [6.07, 6.45) is 0.502. The van der Waals surface area contributed by atoms with E-state index >= 15 is 0 Å². The van der Waals surface area contributed by atoms with E-state index in [0.717, 1.165) is 0 Å². The van der Waals surface area contributed by atoms with E-state index in [0.29, 0.717) is 37.1 Å². The molecule has 1 aliphatic rings. The highest BCUT2D eigenvalue weighted by Crippen LogP contribution is 2.34. The predicted octanol–water partition coefficient (Wildman–Crippen LogP) is 3.10. The van der Waals surface area contributed by atoms with Gasteiger partial charge in [0.25, 0.3) is 0 Å². The maximum atomic E-state index is 13.5. The normalized spacial score (nSPS) is 15.5. The Bertz CT molecular complexity index is 861. The second-order valence-corrected chi connectivity index (χ2v) is 9.03. The third-order valence-electron chi connectivity index (χ3n) is 5.37. The van der Waals surface area contributed by atoms with Crippen molar-refractivity contribution in [1.82, 2.24) is 9.80 Å². The summed E-state index contributed by atoms with van der Waals surface area (Å²) in [5.74, 6) is -0.730. The van der Waals surface area contributed by atoms with Crippen LogP contribution in [-0.2, 0) is 25.6 Å². The Labute approximate surface area is 183 Å². The number of piperidine rings is 1. The summed E-state index contributed by atoms with van der Waals surface area (Å²) >= 11 is 0. The van der Waals surface area contributed by atoms with Gasteiger partial charge in [0.1, 0.15) is 12.1 Å². The van der Waals surface area contributed by atoms with Gasteiger partial charge in [0.15, 0.2) is 0 Å². The lowest BCUT2D eigenvalue weighted by molar-refractivity contribution is -0.153. The van der Waals surface area contributed by atoms with Crippen LogP contribution in [0.15, 0.2) is 24.3 Å². The Hall–Kier alpha value is -3.08. The molecule has 1 saturated heterocycles. The Morgan fingerprint density at radius 3 is 2.35 bits per heavy atom. The number of nitrogens with zero attached hydrogens (tertiary/aromatic N) is 3. The fourth-order valence-electron chi connectivity index (χ4n) is 3.50. The number of amides is 2. The maximum Gasteiger partial charge on any atom is 0.410 e. The first-order chi connectivity index (χ1) is 14.5. The van der Waals surface area contributed by atoms with Gasteiger partial charge in [0.2, 0.25) is 5.91 Å². The summed E-state index contributed by atoms with van der Waals surface area (Å²) in [5, 5.41) is 9.36. The number of rotatable bonds is 5. The number of hydrogen-bond acceptors (Lipinski definition) is 6. The van der Waals surface area contributed by atoms with Gasteiger partial charge in [-0.3, -0.25) is 9.59 Å². The van der Waals surface area contributed by atoms with Crippen LogP contribution >= 0.6 is 0 Å². The van der Waals surface area contributed by atoms with Gasteiger partial charge >= 0.3 is 12.1 Å². The number of likely N-dealkylation sites (tertiary alicyclic amines) is 1. The number of carbonyl (C=O) groups is 3. The smallest absolute Gasteiger partial charge is 0.410 e. The van der Waals surface area contributed by atoms with Gasteiger partial charge < -0.3 is 19.3 Å². The van der Waals surface area contributed by atoms with Gasteiger partial charge in [0.05, 0.1) is 18.7 Å². The van der Waals surface area contributed by atoms with Gasteiger partial charge in [-0.2, -0.15) is 5.26 Å². The zero-order valence-corrected chi connectivity index (χ0v) is 18.9. The van der Waals surface area contributed by atoms with E-state index in [4.69, 9.17) is 9.47 Å². The van der Waals surface area contributed by atoms with Gasteiger partial charge in [-0.25, -0.2) is 4.79 Å². The highest BCUT2D eigenvalue weighted by atomic mass is 16.6. The Balaban J connectivity index is 2.16. The molecule has 1 aliphatic heterocycles. The Kier molecular flexibility index (Phi) is 7.66. The first-order valence-electron chi connectivity index (χ1n) is 10.3. The summed E-state index contributed by atoms with van der Waals surface area (Å²) < 4.78 is 10.2. The minimum Gasteiger partial charge on any atom is -0.468 e. The molecule has 0 aliphatic carbocycles. The topological polar surface area (TPSA) is 99.9 Å². The number of esters is 1. The van der Waals surface area contributed by atoms with Crippen molar-refractivity contribution in [1.29, 1.82) is 5.26 Å². The van der Waals surface area contributed by atoms with Crippen LogP contribution in [-0.4, -0.2) is 60.1 Å². The molecule has 0 spiro atoms. The average Bonchev–Trinajstić information content (AvgIpc) is 2.72. The highest BCUT2D eigenvalue weighted by Gasteiger charge is 2.41. The van der Waals surface area contributed by atoms with Crippen LogP contribution in [0.5, 0.6) is 0 Å². The molecule has 31 heavy (non-hydrogen) atoms. The van der Waals surface area contributed by atoms with Gasteiger partial charge in [-0.1, -0.05) is 25.1 Å². The van der Waals surface area contributed by atoms with Crippen LogP contribution in [0, 0.1) is 16.7 Å². The molecule has 8 heteroatoms. The molecule has 1 aromatic rings. The monoisotopic (exact) mass is 429 g/mol. The molecule has 0 radical (unpaired) electrons. The second kappa shape index (κ2) is 9.82. The van der Waals surface area contributed by atoms with Crippen molar-refractivity contribution in [2.24, 2.45) is 5.41 Å². The summed E-state index contributed by atoms with van der Waals surface area (Å²) in [5.41, 5.74) is -0.208. The average molecular weight is 430 g/mol. The van der Waals surface area contributed by atoms with Crippen molar-refractivity contribution in [3.05, 3.63) is 35.4 Å². The molecule has 1 aromatic carbocycles. The van der Waals surface area contributed by atoms with Crippen molar-refractivity contribution < 1.29 is 23.9 Å². The molecule has 8 nitrogen and oxygen atoms in total. The third-order valence-corrected chi connectivity index (χ3v) is 5.37. The SMILES string of the molecule is COC(=O)CN(Cc1ccccc1C#N)C(=O)C1(C)CCN(C(=O)OC(C)(C)C)CC1. The summed E-state index contributed by atoms with van der Waals surface area (Å²) in [7, 11) is 1.27. The van der Waals surface area contributed by atoms with E-state index in [1.165, 1.54) is 12.0 Å². The molecular weight excluding hydrogens is 398 g/mol. The number of ether oxygens (including phenoxy) is 2. The van der Waals surface area contributed by atoms with Gasteiger partial charge in [-0.05, 0) is 45.2 Å².